The average molecular weight is 469 g/mol. The van der Waals surface area contributed by atoms with E-state index < -0.39 is 0 Å². The van der Waals surface area contributed by atoms with Crippen LogP contribution in [0.1, 0.15) is 42.6 Å². The van der Waals surface area contributed by atoms with Crippen LogP contribution in [0.4, 0.5) is 0 Å². The highest BCUT2D eigenvalue weighted by Crippen LogP contribution is 2.14. The number of rotatable bonds is 8. The van der Waals surface area contributed by atoms with Crippen molar-refractivity contribution in [3.8, 4) is 0 Å². The molecular formula is C20H32IN5. The molecular weight excluding hydrogens is 437 g/mol. The second-order valence-corrected chi connectivity index (χ2v) is 6.57. The number of benzene rings is 1. The summed E-state index contributed by atoms with van der Waals surface area (Å²) in [4.78, 5) is 8.55. The van der Waals surface area contributed by atoms with Gasteiger partial charge < -0.3 is 15.2 Å². The number of aliphatic imine (C=N–C) groups is 1. The average Bonchev–Trinajstić information content (AvgIpc) is 3.02. The van der Waals surface area contributed by atoms with Crippen LogP contribution in [-0.2, 0) is 6.54 Å². The highest BCUT2D eigenvalue weighted by molar-refractivity contribution is 14.0. The predicted octanol–water partition coefficient (Wildman–Crippen LogP) is 3.87. The van der Waals surface area contributed by atoms with Gasteiger partial charge in [-0.05, 0) is 38.2 Å². The summed E-state index contributed by atoms with van der Waals surface area (Å²) >= 11 is 0. The Morgan fingerprint density at radius 1 is 1.15 bits per heavy atom. The van der Waals surface area contributed by atoms with Crippen molar-refractivity contribution in [3.05, 3.63) is 53.6 Å². The molecule has 26 heavy (non-hydrogen) atoms. The molecule has 0 saturated heterocycles. The van der Waals surface area contributed by atoms with Gasteiger partial charge in [0.1, 0.15) is 5.82 Å². The summed E-state index contributed by atoms with van der Waals surface area (Å²) in [6, 6.07) is 8.74. The van der Waals surface area contributed by atoms with E-state index in [2.05, 4.69) is 63.3 Å². The highest BCUT2D eigenvalue weighted by Gasteiger charge is 2.06. The van der Waals surface area contributed by atoms with Gasteiger partial charge in [-0.25, -0.2) is 4.98 Å². The molecule has 0 fully saturated rings. The van der Waals surface area contributed by atoms with Crippen molar-refractivity contribution in [1.29, 1.82) is 0 Å². The topological polar surface area (TPSA) is 54.2 Å². The number of nitrogens with zero attached hydrogens (tertiary/aromatic N) is 3. The van der Waals surface area contributed by atoms with Gasteiger partial charge in [-0.15, -0.1) is 24.0 Å². The van der Waals surface area contributed by atoms with Crippen molar-refractivity contribution < 1.29 is 0 Å². The zero-order chi connectivity index (χ0) is 18.1. The highest BCUT2D eigenvalue weighted by atomic mass is 127. The minimum absolute atomic E-state index is 0. The van der Waals surface area contributed by atoms with E-state index in [1.807, 2.05) is 26.4 Å². The lowest BCUT2D eigenvalue weighted by Gasteiger charge is -2.16. The Morgan fingerprint density at radius 3 is 2.50 bits per heavy atom. The van der Waals surface area contributed by atoms with Crippen LogP contribution in [0.5, 0.6) is 0 Å². The molecule has 0 amide bonds. The molecule has 144 valence electrons. The van der Waals surface area contributed by atoms with Crippen molar-refractivity contribution in [2.45, 2.75) is 46.1 Å². The molecule has 0 saturated carbocycles. The first-order valence-electron chi connectivity index (χ1n) is 9.09. The van der Waals surface area contributed by atoms with Crippen LogP contribution >= 0.6 is 24.0 Å². The van der Waals surface area contributed by atoms with Crippen LogP contribution < -0.4 is 10.6 Å². The van der Waals surface area contributed by atoms with Crippen LogP contribution in [-0.4, -0.2) is 35.6 Å². The number of imidazole rings is 1. The molecule has 2 rings (SSSR count). The molecule has 2 aromatic rings. The number of aryl methyl sites for hydroxylation is 3. The lowest BCUT2D eigenvalue weighted by Crippen LogP contribution is -2.39. The van der Waals surface area contributed by atoms with Crippen LogP contribution in [0.3, 0.4) is 0 Å². The van der Waals surface area contributed by atoms with E-state index in [0.29, 0.717) is 5.92 Å². The standard InChI is InChI=1S/C20H31N5.HI/c1-16-7-9-19(10-8-16)17(2)15-24-20(21-4)23-11-5-6-13-25-14-12-22-18(25)3;/h7-10,12,14,17H,5-6,11,13,15H2,1-4H3,(H2,21,23,24);1H. The maximum atomic E-state index is 4.31. The van der Waals surface area contributed by atoms with Gasteiger partial charge in [0.25, 0.3) is 0 Å². The normalized spacial score (nSPS) is 12.4. The van der Waals surface area contributed by atoms with Gasteiger partial charge in [-0.1, -0.05) is 36.8 Å². The number of hydrogen-bond donors (Lipinski definition) is 2. The fourth-order valence-corrected chi connectivity index (χ4v) is 2.74. The quantitative estimate of drug-likeness (QED) is 0.267. The summed E-state index contributed by atoms with van der Waals surface area (Å²) in [6.45, 7) is 9.21. The van der Waals surface area contributed by atoms with Gasteiger partial charge >= 0.3 is 0 Å². The summed E-state index contributed by atoms with van der Waals surface area (Å²) in [7, 11) is 1.82. The summed E-state index contributed by atoms with van der Waals surface area (Å²) in [6.07, 6.45) is 6.12. The Labute approximate surface area is 174 Å². The summed E-state index contributed by atoms with van der Waals surface area (Å²) in [5.74, 6) is 2.40. The minimum Gasteiger partial charge on any atom is -0.356 e. The number of halogens is 1. The Morgan fingerprint density at radius 2 is 1.88 bits per heavy atom. The van der Waals surface area contributed by atoms with Gasteiger partial charge in [0.05, 0.1) is 0 Å². The Balaban J connectivity index is 0.00000338. The molecule has 0 bridgehead atoms. The molecule has 6 heteroatoms. The van der Waals surface area contributed by atoms with Crippen molar-refractivity contribution in [2.24, 2.45) is 4.99 Å². The smallest absolute Gasteiger partial charge is 0.190 e. The van der Waals surface area contributed by atoms with Gasteiger partial charge in [-0.2, -0.15) is 0 Å². The fourth-order valence-electron chi connectivity index (χ4n) is 2.74. The number of aromatic nitrogens is 2. The molecule has 1 aromatic heterocycles. The van der Waals surface area contributed by atoms with Gasteiger partial charge in [0, 0.05) is 39.1 Å². The second kappa shape index (κ2) is 11.9. The summed E-state index contributed by atoms with van der Waals surface area (Å²) < 4.78 is 2.19. The van der Waals surface area contributed by atoms with Gasteiger partial charge in [0.2, 0.25) is 0 Å². The molecule has 1 unspecified atom stereocenters. The first-order chi connectivity index (χ1) is 12.1. The molecule has 5 nitrogen and oxygen atoms in total. The van der Waals surface area contributed by atoms with E-state index in [1.165, 1.54) is 11.1 Å². The zero-order valence-electron chi connectivity index (χ0n) is 16.3. The third kappa shape index (κ3) is 7.35. The Bertz CT molecular complexity index is 663. The Hall–Kier alpha value is -1.57. The summed E-state index contributed by atoms with van der Waals surface area (Å²) in [5, 5.41) is 6.81. The molecule has 0 spiro atoms. The van der Waals surface area contributed by atoms with Crippen molar-refractivity contribution in [2.75, 3.05) is 20.1 Å². The maximum Gasteiger partial charge on any atom is 0.190 e. The number of hydrogen-bond acceptors (Lipinski definition) is 2. The van der Waals surface area contributed by atoms with Crippen LogP contribution in [0.15, 0.2) is 41.7 Å². The Kier molecular flexibility index (Phi) is 10.3. The minimum atomic E-state index is 0. The predicted molar refractivity (Wildman–Crippen MR) is 121 cm³/mol. The first-order valence-corrected chi connectivity index (χ1v) is 9.09. The van der Waals surface area contributed by atoms with E-state index in [4.69, 9.17) is 0 Å². The molecule has 1 aromatic carbocycles. The fraction of sp³-hybridized carbons (Fsp3) is 0.500. The zero-order valence-corrected chi connectivity index (χ0v) is 18.7. The molecule has 0 aliphatic carbocycles. The largest absolute Gasteiger partial charge is 0.356 e. The van der Waals surface area contributed by atoms with Gasteiger partial charge in [0.15, 0.2) is 5.96 Å². The SMILES string of the molecule is CN=C(NCCCCn1ccnc1C)NCC(C)c1ccc(C)cc1.I. The third-order valence-corrected chi connectivity index (χ3v) is 4.49. The second-order valence-electron chi connectivity index (χ2n) is 6.57. The van der Waals surface area contributed by atoms with Crippen molar-refractivity contribution in [3.63, 3.8) is 0 Å². The lowest BCUT2D eigenvalue weighted by atomic mass is 10.0. The summed E-state index contributed by atoms with van der Waals surface area (Å²) in [5.41, 5.74) is 2.65. The van der Waals surface area contributed by atoms with Crippen LogP contribution in [0.25, 0.3) is 0 Å². The van der Waals surface area contributed by atoms with Crippen LogP contribution in [0.2, 0.25) is 0 Å². The number of nitrogens with one attached hydrogen (secondary N) is 2. The molecule has 1 atom stereocenters. The molecule has 2 N–H and O–H groups in total. The van der Waals surface area contributed by atoms with E-state index in [-0.39, 0.29) is 24.0 Å². The van der Waals surface area contributed by atoms with E-state index in [1.54, 1.807) is 0 Å². The van der Waals surface area contributed by atoms with Crippen LogP contribution in [0, 0.1) is 13.8 Å². The van der Waals surface area contributed by atoms with E-state index in [9.17, 15) is 0 Å². The molecule has 0 aliphatic heterocycles. The van der Waals surface area contributed by atoms with E-state index in [0.717, 1.165) is 44.3 Å². The first kappa shape index (κ1) is 22.5. The maximum absolute atomic E-state index is 4.31. The monoisotopic (exact) mass is 469 g/mol. The van der Waals surface area contributed by atoms with Gasteiger partial charge in [-0.3, -0.25) is 4.99 Å². The lowest BCUT2D eigenvalue weighted by molar-refractivity contribution is 0.587. The van der Waals surface area contributed by atoms with E-state index >= 15 is 0 Å². The van der Waals surface area contributed by atoms with Crippen molar-refractivity contribution >= 4 is 29.9 Å². The molecule has 0 radical (unpaired) electrons. The number of unbranched alkanes of at least 4 members (excludes halogenated alkanes) is 1. The molecule has 1 heterocycles. The third-order valence-electron chi connectivity index (χ3n) is 4.49. The number of guanidine groups is 1. The molecule has 0 aliphatic rings. The van der Waals surface area contributed by atoms with Crippen molar-refractivity contribution in [1.82, 2.24) is 20.2 Å².